The Balaban J connectivity index is 1.33. The highest BCUT2D eigenvalue weighted by atomic mass is 16.3. The van der Waals surface area contributed by atoms with Gasteiger partial charge < -0.3 is 14.6 Å². The molecule has 0 atom stereocenters. The molecule has 2 aromatic rings. The standard InChI is InChI=1S/C21H28N2O2/c24-21(22-14-7-17-23-15-5-2-6-16-23)13-11-19-10-12-20(25-19)18-8-3-1-4-9-18/h1,3-4,8-10,12H,2,5-7,11,13-17H2,(H,22,24). The fraction of sp³-hybridized carbons (Fsp3) is 0.476. The van der Waals surface area contributed by atoms with E-state index in [1.165, 1.54) is 32.4 Å². The zero-order valence-electron chi connectivity index (χ0n) is 14.9. The van der Waals surface area contributed by atoms with Crippen molar-refractivity contribution < 1.29 is 9.21 Å². The maximum Gasteiger partial charge on any atom is 0.220 e. The van der Waals surface area contributed by atoms with Gasteiger partial charge in [-0.1, -0.05) is 36.8 Å². The number of aryl methyl sites for hydroxylation is 1. The third kappa shape index (κ3) is 5.75. The molecule has 1 aromatic heterocycles. The van der Waals surface area contributed by atoms with E-state index in [0.717, 1.165) is 36.6 Å². The van der Waals surface area contributed by atoms with E-state index in [1.807, 2.05) is 42.5 Å². The van der Waals surface area contributed by atoms with E-state index in [2.05, 4.69) is 10.2 Å². The molecule has 1 saturated heterocycles. The van der Waals surface area contributed by atoms with Crippen LogP contribution in [0, 0.1) is 0 Å². The van der Waals surface area contributed by atoms with Crippen molar-refractivity contribution >= 4 is 5.91 Å². The molecule has 0 aliphatic carbocycles. The predicted octanol–water partition coefficient (Wildman–Crippen LogP) is 3.87. The van der Waals surface area contributed by atoms with Crippen molar-refractivity contribution in [1.29, 1.82) is 0 Å². The van der Waals surface area contributed by atoms with Crippen LogP contribution in [0.2, 0.25) is 0 Å². The normalized spacial score (nSPS) is 15.2. The van der Waals surface area contributed by atoms with Gasteiger partial charge in [0.1, 0.15) is 11.5 Å². The van der Waals surface area contributed by atoms with Crippen molar-refractivity contribution in [3.05, 3.63) is 48.2 Å². The SMILES string of the molecule is O=C(CCc1ccc(-c2ccccc2)o1)NCCCN1CCCCC1. The Kier molecular flexibility index (Phi) is 6.69. The summed E-state index contributed by atoms with van der Waals surface area (Å²) in [4.78, 5) is 14.5. The number of nitrogens with one attached hydrogen (secondary N) is 1. The van der Waals surface area contributed by atoms with Crippen LogP contribution in [-0.4, -0.2) is 37.0 Å². The molecule has 134 valence electrons. The van der Waals surface area contributed by atoms with Gasteiger partial charge in [0.2, 0.25) is 5.91 Å². The summed E-state index contributed by atoms with van der Waals surface area (Å²) in [6.07, 6.45) is 6.16. The Morgan fingerprint density at radius 2 is 1.84 bits per heavy atom. The minimum atomic E-state index is 0.108. The molecule has 0 radical (unpaired) electrons. The fourth-order valence-corrected chi connectivity index (χ4v) is 3.31. The van der Waals surface area contributed by atoms with E-state index in [1.54, 1.807) is 0 Å². The van der Waals surface area contributed by atoms with E-state index < -0.39 is 0 Å². The van der Waals surface area contributed by atoms with Gasteiger partial charge in [0.15, 0.2) is 0 Å². The first-order valence-electron chi connectivity index (χ1n) is 9.44. The lowest BCUT2D eigenvalue weighted by atomic mass is 10.1. The van der Waals surface area contributed by atoms with E-state index in [0.29, 0.717) is 12.8 Å². The highest BCUT2D eigenvalue weighted by molar-refractivity contribution is 5.76. The summed E-state index contributed by atoms with van der Waals surface area (Å²) >= 11 is 0. The van der Waals surface area contributed by atoms with Gasteiger partial charge in [0.25, 0.3) is 0 Å². The fourth-order valence-electron chi connectivity index (χ4n) is 3.31. The molecule has 3 rings (SSSR count). The maximum atomic E-state index is 12.0. The molecule has 0 bridgehead atoms. The summed E-state index contributed by atoms with van der Waals surface area (Å²) in [5.41, 5.74) is 1.07. The van der Waals surface area contributed by atoms with Crippen molar-refractivity contribution in [3.63, 3.8) is 0 Å². The highest BCUT2D eigenvalue weighted by Gasteiger charge is 2.10. The zero-order chi connectivity index (χ0) is 17.3. The minimum absolute atomic E-state index is 0.108. The van der Waals surface area contributed by atoms with Crippen molar-refractivity contribution in [2.45, 2.75) is 38.5 Å². The van der Waals surface area contributed by atoms with Gasteiger partial charge in [0, 0.05) is 24.9 Å². The number of carbonyl (C=O) groups excluding carboxylic acids is 1. The molecule has 2 heterocycles. The van der Waals surface area contributed by atoms with Gasteiger partial charge in [-0.25, -0.2) is 0 Å². The van der Waals surface area contributed by atoms with Crippen LogP contribution < -0.4 is 5.32 Å². The second-order valence-corrected chi connectivity index (χ2v) is 6.74. The first kappa shape index (κ1) is 17.7. The van der Waals surface area contributed by atoms with E-state index in [4.69, 9.17) is 4.42 Å². The first-order chi connectivity index (χ1) is 12.3. The van der Waals surface area contributed by atoms with Crippen LogP contribution in [0.1, 0.15) is 37.9 Å². The van der Waals surface area contributed by atoms with Crippen molar-refractivity contribution in [2.75, 3.05) is 26.2 Å². The smallest absolute Gasteiger partial charge is 0.220 e. The number of carbonyl (C=O) groups is 1. The van der Waals surface area contributed by atoms with Gasteiger partial charge in [-0.15, -0.1) is 0 Å². The third-order valence-corrected chi connectivity index (χ3v) is 4.74. The van der Waals surface area contributed by atoms with Gasteiger partial charge in [-0.05, 0) is 51.0 Å². The Morgan fingerprint density at radius 1 is 1.04 bits per heavy atom. The summed E-state index contributed by atoms with van der Waals surface area (Å²) in [7, 11) is 0. The van der Waals surface area contributed by atoms with Crippen molar-refractivity contribution in [3.8, 4) is 11.3 Å². The summed E-state index contributed by atoms with van der Waals surface area (Å²) < 4.78 is 5.84. The minimum Gasteiger partial charge on any atom is -0.461 e. The van der Waals surface area contributed by atoms with Gasteiger partial charge >= 0.3 is 0 Å². The number of likely N-dealkylation sites (tertiary alicyclic amines) is 1. The Morgan fingerprint density at radius 3 is 2.64 bits per heavy atom. The lowest BCUT2D eigenvalue weighted by Gasteiger charge is -2.26. The second kappa shape index (κ2) is 9.42. The van der Waals surface area contributed by atoms with Gasteiger partial charge in [-0.3, -0.25) is 4.79 Å². The number of piperidine rings is 1. The average Bonchev–Trinajstić information content (AvgIpc) is 3.14. The molecule has 1 aromatic carbocycles. The molecule has 1 aliphatic heterocycles. The molecule has 0 spiro atoms. The number of furan rings is 1. The lowest BCUT2D eigenvalue weighted by molar-refractivity contribution is -0.121. The van der Waals surface area contributed by atoms with Crippen molar-refractivity contribution in [2.24, 2.45) is 0 Å². The average molecular weight is 340 g/mol. The first-order valence-corrected chi connectivity index (χ1v) is 9.44. The van der Waals surface area contributed by atoms with Crippen LogP contribution in [0.15, 0.2) is 46.9 Å². The molecule has 25 heavy (non-hydrogen) atoms. The van der Waals surface area contributed by atoms with E-state index in [9.17, 15) is 4.79 Å². The Labute approximate surface area is 150 Å². The van der Waals surface area contributed by atoms with Crippen LogP contribution in [0.5, 0.6) is 0 Å². The predicted molar refractivity (Wildman–Crippen MR) is 100 cm³/mol. The Bertz CT molecular complexity index is 645. The lowest BCUT2D eigenvalue weighted by Crippen LogP contribution is -2.33. The van der Waals surface area contributed by atoms with E-state index >= 15 is 0 Å². The third-order valence-electron chi connectivity index (χ3n) is 4.74. The van der Waals surface area contributed by atoms with Crippen LogP contribution in [0.4, 0.5) is 0 Å². The molecule has 1 aliphatic rings. The summed E-state index contributed by atoms with van der Waals surface area (Å²) in [5, 5.41) is 3.02. The molecular weight excluding hydrogens is 312 g/mol. The molecular formula is C21H28N2O2. The molecule has 4 heteroatoms. The number of amides is 1. The monoisotopic (exact) mass is 340 g/mol. The summed E-state index contributed by atoms with van der Waals surface area (Å²) in [5.74, 6) is 1.83. The van der Waals surface area contributed by atoms with Gasteiger partial charge in [-0.2, -0.15) is 0 Å². The molecule has 0 unspecified atom stereocenters. The van der Waals surface area contributed by atoms with Crippen molar-refractivity contribution in [1.82, 2.24) is 10.2 Å². The zero-order valence-corrected chi connectivity index (χ0v) is 14.9. The topological polar surface area (TPSA) is 45.5 Å². The summed E-state index contributed by atoms with van der Waals surface area (Å²) in [6.45, 7) is 4.30. The largest absolute Gasteiger partial charge is 0.461 e. The number of rotatable bonds is 8. The van der Waals surface area contributed by atoms with Crippen LogP contribution >= 0.6 is 0 Å². The number of hydrogen-bond acceptors (Lipinski definition) is 3. The summed E-state index contributed by atoms with van der Waals surface area (Å²) in [6, 6.07) is 14.0. The maximum absolute atomic E-state index is 12.0. The van der Waals surface area contributed by atoms with E-state index in [-0.39, 0.29) is 5.91 Å². The highest BCUT2D eigenvalue weighted by Crippen LogP contribution is 2.22. The molecule has 1 N–H and O–H groups in total. The van der Waals surface area contributed by atoms with Gasteiger partial charge in [0.05, 0.1) is 0 Å². The molecule has 1 fully saturated rings. The molecule has 0 saturated carbocycles. The van der Waals surface area contributed by atoms with Crippen LogP contribution in [-0.2, 0) is 11.2 Å². The van der Waals surface area contributed by atoms with Crippen LogP contribution in [0.25, 0.3) is 11.3 Å². The number of benzene rings is 1. The Hall–Kier alpha value is -2.07. The number of hydrogen-bond donors (Lipinski definition) is 1. The molecule has 1 amide bonds. The second-order valence-electron chi connectivity index (χ2n) is 6.74. The molecule has 4 nitrogen and oxygen atoms in total. The quantitative estimate of drug-likeness (QED) is 0.742. The number of nitrogens with zero attached hydrogens (tertiary/aromatic N) is 1. The van der Waals surface area contributed by atoms with Crippen LogP contribution in [0.3, 0.4) is 0 Å².